The van der Waals surface area contributed by atoms with E-state index in [2.05, 4.69) is 10.1 Å². The highest BCUT2D eigenvalue weighted by atomic mass is 16.5. The van der Waals surface area contributed by atoms with Crippen LogP contribution in [0.3, 0.4) is 0 Å². The smallest absolute Gasteiger partial charge is 0.289 e. The highest BCUT2D eigenvalue weighted by Crippen LogP contribution is 2.40. The lowest BCUT2D eigenvalue weighted by molar-refractivity contribution is 0.0748. The van der Waals surface area contributed by atoms with Crippen molar-refractivity contribution in [3.8, 4) is 0 Å². The Hall–Kier alpha value is -2.15. The fourth-order valence-corrected chi connectivity index (χ4v) is 3.14. The van der Waals surface area contributed by atoms with E-state index in [4.69, 9.17) is 8.94 Å². The van der Waals surface area contributed by atoms with Crippen molar-refractivity contribution < 1.29 is 18.8 Å². The third kappa shape index (κ3) is 2.55. The summed E-state index contributed by atoms with van der Waals surface area (Å²) in [7, 11) is 0. The Morgan fingerprint density at radius 2 is 2.26 bits per heavy atom. The summed E-state index contributed by atoms with van der Waals surface area (Å²) in [5, 5.41) is 13.7. The normalized spacial score (nSPS) is 24.3. The topological polar surface area (TPSA) is 92.6 Å². The summed E-state index contributed by atoms with van der Waals surface area (Å²) in [6.45, 7) is 2.73. The Labute approximate surface area is 133 Å². The van der Waals surface area contributed by atoms with Crippen molar-refractivity contribution in [2.45, 2.75) is 31.6 Å². The molecule has 1 aliphatic carbocycles. The molecule has 2 aromatic rings. The Balaban J connectivity index is 1.54. The lowest BCUT2D eigenvalue weighted by Crippen LogP contribution is -2.29. The number of likely N-dealkylation sites (tertiary alicyclic amines) is 1. The van der Waals surface area contributed by atoms with Crippen LogP contribution in [0.2, 0.25) is 0 Å². The molecule has 2 atom stereocenters. The lowest BCUT2D eigenvalue weighted by Gasteiger charge is -2.14. The molecule has 0 radical (unpaired) electrons. The van der Waals surface area contributed by atoms with Crippen LogP contribution in [0.1, 0.15) is 52.5 Å². The predicted molar refractivity (Wildman–Crippen MR) is 78.9 cm³/mol. The maximum Gasteiger partial charge on any atom is 0.289 e. The number of hydrogen-bond donors (Lipinski definition) is 1. The van der Waals surface area contributed by atoms with E-state index in [1.54, 1.807) is 11.0 Å². The second-order valence-corrected chi connectivity index (χ2v) is 6.46. The highest BCUT2D eigenvalue weighted by molar-refractivity contribution is 5.93. The number of rotatable bonds is 4. The zero-order valence-electron chi connectivity index (χ0n) is 12.9. The van der Waals surface area contributed by atoms with Crippen LogP contribution in [-0.4, -0.2) is 45.8 Å². The second-order valence-electron chi connectivity index (χ2n) is 6.46. The zero-order valence-corrected chi connectivity index (χ0v) is 12.9. The Morgan fingerprint density at radius 3 is 2.91 bits per heavy atom. The average molecular weight is 317 g/mol. The molecule has 1 amide bonds. The van der Waals surface area contributed by atoms with Crippen molar-refractivity contribution in [3.05, 3.63) is 35.4 Å². The molecule has 0 bridgehead atoms. The summed E-state index contributed by atoms with van der Waals surface area (Å²) in [6.07, 6.45) is 3.73. The van der Waals surface area contributed by atoms with E-state index >= 15 is 0 Å². The quantitative estimate of drug-likeness (QED) is 0.922. The van der Waals surface area contributed by atoms with Crippen LogP contribution in [0, 0.1) is 12.8 Å². The Kier molecular flexibility index (Phi) is 3.45. The van der Waals surface area contributed by atoms with Crippen LogP contribution in [0.5, 0.6) is 0 Å². The summed E-state index contributed by atoms with van der Waals surface area (Å²) in [5.41, 5.74) is 0.813. The van der Waals surface area contributed by atoms with Gasteiger partial charge in [-0.15, -0.1) is 0 Å². The van der Waals surface area contributed by atoms with Crippen LogP contribution < -0.4 is 0 Å². The summed E-state index contributed by atoms with van der Waals surface area (Å²) < 4.78 is 10.7. The number of hydrogen-bond acceptors (Lipinski definition) is 6. The van der Waals surface area contributed by atoms with Gasteiger partial charge in [-0.2, -0.15) is 4.98 Å². The van der Waals surface area contributed by atoms with Gasteiger partial charge in [0.25, 0.3) is 5.91 Å². The van der Waals surface area contributed by atoms with E-state index in [-0.39, 0.29) is 24.3 Å². The van der Waals surface area contributed by atoms with E-state index in [9.17, 15) is 9.90 Å². The monoisotopic (exact) mass is 317 g/mol. The maximum atomic E-state index is 12.6. The van der Waals surface area contributed by atoms with Gasteiger partial charge in [-0.25, -0.2) is 0 Å². The number of aromatic nitrogens is 2. The third-order valence-corrected chi connectivity index (χ3v) is 4.74. The first-order chi connectivity index (χ1) is 11.2. The van der Waals surface area contributed by atoms with E-state index < -0.39 is 0 Å². The van der Waals surface area contributed by atoms with Crippen molar-refractivity contribution in [1.29, 1.82) is 0 Å². The van der Waals surface area contributed by atoms with Crippen molar-refractivity contribution >= 4 is 5.91 Å². The van der Waals surface area contributed by atoms with Crippen molar-refractivity contribution in [3.63, 3.8) is 0 Å². The highest BCUT2D eigenvalue weighted by Gasteiger charge is 2.41. The fourth-order valence-electron chi connectivity index (χ4n) is 3.14. The number of amides is 1. The number of aliphatic hydroxyl groups is 1. The van der Waals surface area contributed by atoms with Gasteiger partial charge < -0.3 is 18.9 Å². The largest absolute Gasteiger partial charge is 0.459 e. The van der Waals surface area contributed by atoms with Gasteiger partial charge in [0, 0.05) is 37.1 Å². The lowest BCUT2D eigenvalue weighted by atomic mass is 9.97. The molecule has 2 aromatic heterocycles. The first kappa shape index (κ1) is 14.4. The van der Waals surface area contributed by atoms with E-state index in [1.807, 2.05) is 6.92 Å². The van der Waals surface area contributed by atoms with Crippen molar-refractivity contribution in [1.82, 2.24) is 15.0 Å². The van der Waals surface area contributed by atoms with Gasteiger partial charge in [0.2, 0.25) is 5.89 Å². The number of aryl methyl sites for hydroxylation is 1. The van der Waals surface area contributed by atoms with Crippen molar-refractivity contribution in [2.75, 3.05) is 19.7 Å². The molecule has 122 valence electrons. The van der Waals surface area contributed by atoms with Gasteiger partial charge in [0.15, 0.2) is 11.6 Å². The summed E-state index contributed by atoms with van der Waals surface area (Å²) in [6, 6.07) is 1.77. The van der Waals surface area contributed by atoms with Gasteiger partial charge in [0.1, 0.15) is 0 Å². The van der Waals surface area contributed by atoms with E-state index in [1.165, 1.54) is 6.26 Å². The van der Waals surface area contributed by atoms with E-state index in [0.29, 0.717) is 30.7 Å². The molecule has 1 saturated heterocycles. The van der Waals surface area contributed by atoms with Gasteiger partial charge in [-0.05, 0) is 25.8 Å². The molecule has 0 unspecified atom stereocenters. The zero-order chi connectivity index (χ0) is 16.0. The molecule has 7 nitrogen and oxygen atoms in total. The Morgan fingerprint density at radius 1 is 1.43 bits per heavy atom. The molecule has 0 spiro atoms. The molecule has 7 heteroatoms. The molecule has 4 rings (SSSR count). The number of nitrogens with zero attached hydrogens (tertiary/aromatic N) is 3. The first-order valence-corrected chi connectivity index (χ1v) is 7.95. The average Bonchev–Trinajstić information content (AvgIpc) is 2.99. The van der Waals surface area contributed by atoms with Gasteiger partial charge >= 0.3 is 0 Å². The maximum absolute atomic E-state index is 12.6. The molecule has 0 aromatic carbocycles. The predicted octanol–water partition coefficient (Wildman–Crippen LogP) is 1.70. The summed E-state index contributed by atoms with van der Waals surface area (Å²) >= 11 is 0. The first-order valence-electron chi connectivity index (χ1n) is 7.95. The summed E-state index contributed by atoms with van der Waals surface area (Å²) in [4.78, 5) is 18.7. The molecular weight excluding hydrogens is 298 g/mol. The minimum atomic E-state index is -0.157. The molecular formula is C16H19N3O4. The number of carbonyl (C=O) groups is 1. The minimum Gasteiger partial charge on any atom is -0.459 e. The third-order valence-electron chi connectivity index (χ3n) is 4.74. The molecule has 3 heterocycles. The van der Waals surface area contributed by atoms with Crippen LogP contribution >= 0.6 is 0 Å². The standard InChI is InChI=1S/C16H19N3O4/c1-9-4-5-22-13(9)16(21)19-6-11(8-20)12(7-19)15-17-14(18-23-15)10-2-3-10/h4-5,10-12,20H,2-3,6-8H2,1H3/t11-,12+/m0/s1. The minimum absolute atomic E-state index is 0.0211. The van der Waals surface area contributed by atoms with Crippen LogP contribution in [0.4, 0.5) is 0 Å². The number of furan rings is 1. The van der Waals surface area contributed by atoms with Crippen molar-refractivity contribution in [2.24, 2.45) is 5.92 Å². The van der Waals surface area contributed by atoms with Gasteiger partial charge in [-0.1, -0.05) is 5.16 Å². The molecule has 2 fully saturated rings. The second kappa shape index (κ2) is 5.49. The molecule has 1 N–H and O–H groups in total. The number of aliphatic hydroxyl groups excluding tert-OH is 1. The SMILES string of the molecule is Cc1ccoc1C(=O)N1C[C@@H](CO)[C@H](c2nc(C3CC3)no2)C1. The molecule has 1 aliphatic heterocycles. The van der Waals surface area contributed by atoms with Gasteiger partial charge in [-0.3, -0.25) is 4.79 Å². The molecule has 2 aliphatic rings. The molecule has 23 heavy (non-hydrogen) atoms. The van der Waals surface area contributed by atoms with Crippen LogP contribution in [0.15, 0.2) is 21.3 Å². The fraction of sp³-hybridized carbons (Fsp3) is 0.562. The Bertz CT molecular complexity index is 718. The number of carbonyl (C=O) groups excluding carboxylic acids is 1. The summed E-state index contributed by atoms with van der Waals surface area (Å²) in [5.74, 6) is 1.67. The van der Waals surface area contributed by atoms with E-state index in [0.717, 1.165) is 24.2 Å². The van der Waals surface area contributed by atoms with Crippen LogP contribution in [-0.2, 0) is 0 Å². The van der Waals surface area contributed by atoms with Gasteiger partial charge in [0.05, 0.1) is 12.2 Å². The molecule has 1 saturated carbocycles. The van der Waals surface area contributed by atoms with Crippen LogP contribution in [0.25, 0.3) is 0 Å².